The van der Waals surface area contributed by atoms with Crippen LogP contribution in [0.1, 0.15) is 39.5 Å². The van der Waals surface area contributed by atoms with Crippen molar-refractivity contribution >= 4 is 5.91 Å². The lowest BCUT2D eigenvalue weighted by atomic mass is 9.90. The van der Waals surface area contributed by atoms with E-state index < -0.39 is 0 Å². The van der Waals surface area contributed by atoms with Crippen LogP contribution in [0.3, 0.4) is 0 Å². The molecule has 2 rings (SSSR count). The molecule has 0 aromatic rings. The Morgan fingerprint density at radius 2 is 2.26 bits per heavy atom. The number of piperidine rings is 2. The Morgan fingerprint density at radius 1 is 1.42 bits per heavy atom. The summed E-state index contributed by atoms with van der Waals surface area (Å²) in [6.45, 7) is 8.76. The molecule has 0 spiro atoms. The van der Waals surface area contributed by atoms with Crippen molar-refractivity contribution in [2.75, 3.05) is 32.8 Å². The number of hydrogen-bond acceptors (Lipinski definition) is 3. The second-order valence-electron chi connectivity index (χ2n) is 6.12. The zero-order valence-corrected chi connectivity index (χ0v) is 12.4. The van der Waals surface area contributed by atoms with E-state index in [9.17, 15) is 4.79 Å². The van der Waals surface area contributed by atoms with E-state index in [1.807, 2.05) is 4.90 Å². The number of nitrogens with zero attached hydrogens (tertiary/aromatic N) is 1. The molecule has 2 heterocycles. The van der Waals surface area contributed by atoms with Crippen LogP contribution in [-0.2, 0) is 9.53 Å². The van der Waals surface area contributed by atoms with Crippen LogP contribution in [0.5, 0.6) is 0 Å². The number of amides is 1. The first-order chi connectivity index (χ1) is 9.20. The van der Waals surface area contributed by atoms with Crippen molar-refractivity contribution in [3.8, 4) is 0 Å². The molecule has 0 radical (unpaired) electrons. The Morgan fingerprint density at radius 3 is 3.00 bits per heavy atom. The molecule has 1 amide bonds. The molecule has 2 aliphatic rings. The summed E-state index contributed by atoms with van der Waals surface area (Å²) in [5.41, 5.74) is 0. The summed E-state index contributed by atoms with van der Waals surface area (Å²) in [5, 5.41) is 3.37. The molecule has 3 unspecified atom stereocenters. The van der Waals surface area contributed by atoms with Gasteiger partial charge in [0.2, 0.25) is 5.91 Å². The molecule has 0 aromatic heterocycles. The second-order valence-corrected chi connectivity index (χ2v) is 6.12. The number of likely N-dealkylation sites (tertiary alicyclic amines) is 1. The lowest BCUT2D eigenvalue weighted by molar-refractivity contribution is -0.140. The molecule has 0 aromatic carbocycles. The van der Waals surface area contributed by atoms with Crippen LogP contribution in [0, 0.1) is 11.8 Å². The highest BCUT2D eigenvalue weighted by Gasteiger charge is 2.31. The monoisotopic (exact) mass is 268 g/mol. The van der Waals surface area contributed by atoms with Crippen LogP contribution in [0.25, 0.3) is 0 Å². The molecule has 0 aliphatic carbocycles. The summed E-state index contributed by atoms with van der Waals surface area (Å²) in [4.78, 5) is 14.6. The van der Waals surface area contributed by atoms with Gasteiger partial charge in [0.05, 0.1) is 12.0 Å². The van der Waals surface area contributed by atoms with Crippen LogP contribution in [0.15, 0.2) is 0 Å². The normalized spacial score (nSPS) is 32.3. The van der Waals surface area contributed by atoms with Gasteiger partial charge in [0.25, 0.3) is 0 Å². The fourth-order valence-corrected chi connectivity index (χ4v) is 3.16. The molecule has 2 fully saturated rings. The van der Waals surface area contributed by atoms with Gasteiger partial charge in [-0.15, -0.1) is 0 Å². The fourth-order valence-electron chi connectivity index (χ4n) is 3.16. The quantitative estimate of drug-likeness (QED) is 0.843. The molecule has 1 N–H and O–H groups in total. The molecule has 2 saturated heterocycles. The molecule has 4 heteroatoms. The van der Waals surface area contributed by atoms with Crippen LogP contribution in [0.2, 0.25) is 0 Å². The number of ether oxygens (including phenoxy) is 1. The molecular formula is C15H28N2O2. The Kier molecular flexibility index (Phi) is 5.64. The van der Waals surface area contributed by atoms with E-state index in [0.29, 0.717) is 11.8 Å². The van der Waals surface area contributed by atoms with Gasteiger partial charge in [-0.3, -0.25) is 4.79 Å². The molecule has 4 nitrogen and oxygen atoms in total. The maximum Gasteiger partial charge on any atom is 0.227 e. The van der Waals surface area contributed by atoms with E-state index in [-0.39, 0.29) is 12.0 Å². The maximum atomic E-state index is 12.5. The van der Waals surface area contributed by atoms with Crippen molar-refractivity contribution in [3.05, 3.63) is 0 Å². The summed E-state index contributed by atoms with van der Waals surface area (Å²) in [6, 6.07) is 0. The van der Waals surface area contributed by atoms with Crippen molar-refractivity contribution in [1.29, 1.82) is 0 Å². The van der Waals surface area contributed by atoms with Gasteiger partial charge in [0, 0.05) is 26.2 Å². The summed E-state index contributed by atoms with van der Waals surface area (Å²) in [6.07, 6.45) is 4.52. The van der Waals surface area contributed by atoms with E-state index in [4.69, 9.17) is 4.74 Å². The van der Waals surface area contributed by atoms with Gasteiger partial charge in [-0.05, 0) is 38.1 Å². The number of carbonyl (C=O) groups excluding carboxylic acids is 1. The first kappa shape index (κ1) is 14.8. The molecule has 19 heavy (non-hydrogen) atoms. The summed E-state index contributed by atoms with van der Waals surface area (Å²) >= 11 is 0. The number of carbonyl (C=O) groups is 1. The fraction of sp³-hybridized carbons (Fsp3) is 0.933. The summed E-state index contributed by atoms with van der Waals surface area (Å²) in [7, 11) is 0. The third kappa shape index (κ3) is 4.18. The maximum absolute atomic E-state index is 12.5. The third-order valence-corrected chi connectivity index (χ3v) is 4.17. The SMILES string of the molecule is CCCOC1CCCN(C(=O)C2CNCC(C)C2)C1. The van der Waals surface area contributed by atoms with Crippen molar-refractivity contribution < 1.29 is 9.53 Å². The number of nitrogens with one attached hydrogen (secondary N) is 1. The van der Waals surface area contributed by atoms with Gasteiger partial charge in [0.15, 0.2) is 0 Å². The van der Waals surface area contributed by atoms with Gasteiger partial charge >= 0.3 is 0 Å². The molecule has 2 aliphatic heterocycles. The number of rotatable bonds is 4. The average molecular weight is 268 g/mol. The minimum absolute atomic E-state index is 0.175. The van der Waals surface area contributed by atoms with Gasteiger partial charge in [-0.2, -0.15) is 0 Å². The molecule has 0 saturated carbocycles. The first-order valence-corrected chi connectivity index (χ1v) is 7.81. The molecule has 3 atom stereocenters. The van der Waals surface area contributed by atoms with Crippen LogP contribution < -0.4 is 5.32 Å². The highest BCUT2D eigenvalue weighted by molar-refractivity contribution is 5.79. The molecule has 110 valence electrons. The second kappa shape index (κ2) is 7.25. The van der Waals surface area contributed by atoms with Crippen LogP contribution >= 0.6 is 0 Å². The number of hydrogen-bond donors (Lipinski definition) is 1. The zero-order valence-electron chi connectivity index (χ0n) is 12.4. The average Bonchev–Trinajstić information content (AvgIpc) is 2.44. The summed E-state index contributed by atoms with van der Waals surface area (Å²) in [5.74, 6) is 1.12. The highest BCUT2D eigenvalue weighted by Crippen LogP contribution is 2.21. The standard InChI is InChI=1S/C15H28N2O2/c1-3-7-19-14-5-4-6-17(11-14)15(18)13-8-12(2)9-16-10-13/h12-14,16H,3-11H2,1-2H3. The Labute approximate surface area is 116 Å². The Balaban J connectivity index is 1.84. The van der Waals surface area contributed by atoms with Crippen LogP contribution in [0.4, 0.5) is 0 Å². The molecule has 0 bridgehead atoms. The summed E-state index contributed by atoms with van der Waals surface area (Å²) < 4.78 is 5.81. The minimum atomic E-state index is 0.175. The van der Waals surface area contributed by atoms with Crippen molar-refractivity contribution in [1.82, 2.24) is 10.2 Å². The van der Waals surface area contributed by atoms with E-state index in [0.717, 1.165) is 58.5 Å². The van der Waals surface area contributed by atoms with Gasteiger partial charge in [0.1, 0.15) is 0 Å². The smallest absolute Gasteiger partial charge is 0.227 e. The van der Waals surface area contributed by atoms with E-state index in [1.165, 1.54) is 0 Å². The van der Waals surface area contributed by atoms with E-state index in [1.54, 1.807) is 0 Å². The Bertz CT molecular complexity index is 296. The highest BCUT2D eigenvalue weighted by atomic mass is 16.5. The largest absolute Gasteiger partial charge is 0.376 e. The van der Waals surface area contributed by atoms with Crippen molar-refractivity contribution in [3.63, 3.8) is 0 Å². The third-order valence-electron chi connectivity index (χ3n) is 4.17. The Hall–Kier alpha value is -0.610. The van der Waals surface area contributed by atoms with Gasteiger partial charge in [-0.25, -0.2) is 0 Å². The van der Waals surface area contributed by atoms with Gasteiger partial charge in [-0.1, -0.05) is 13.8 Å². The predicted octanol–water partition coefficient (Wildman–Crippen LogP) is 1.65. The van der Waals surface area contributed by atoms with Crippen LogP contribution in [-0.4, -0.2) is 49.7 Å². The van der Waals surface area contributed by atoms with Crippen molar-refractivity contribution in [2.24, 2.45) is 11.8 Å². The zero-order chi connectivity index (χ0) is 13.7. The topological polar surface area (TPSA) is 41.6 Å². The van der Waals surface area contributed by atoms with E-state index in [2.05, 4.69) is 19.2 Å². The minimum Gasteiger partial charge on any atom is -0.376 e. The van der Waals surface area contributed by atoms with E-state index >= 15 is 0 Å². The lowest BCUT2D eigenvalue weighted by Gasteiger charge is -2.36. The first-order valence-electron chi connectivity index (χ1n) is 7.81. The lowest BCUT2D eigenvalue weighted by Crippen LogP contribution is -2.49. The molecular weight excluding hydrogens is 240 g/mol. The van der Waals surface area contributed by atoms with Gasteiger partial charge < -0.3 is 15.0 Å². The predicted molar refractivity (Wildman–Crippen MR) is 76.0 cm³/mol. The van der Waals surface area contributed by atoms with Crippen molar-refractivity contribution in [2.45, 2.75) is 45.6 Å².